The van der Waals surface area contributed by atoms with E-state index in [4.69, 9.17) is 15.6 Å². The molecule has 0 radical (unpaired) electrons. The molecule has 0 spiro atoms. The van der Waals surface area contributed by atoms with Crippen molar-refractivity contribution in [2.75, 3.05) is 6.61 Å². The molecule has 0 bridgehead atoms. The Bertz CT molecular complexity index is 352. The van der Waals surface area contributed by atoms with Crippen LogP contribution in [-0.4, -0.2) is 23.7 Å². The maximum absolute atomic E-state index is 10.6. The summed E-state index contributed by atoms with van der Waals surface area (Å²) < 4.78 is 5.45. The van der Waals surface area contributed by atoms with Crippen molar-refractivity contribution in [2.24, 2.45) is 5.73 Å². The van der Waals surface area contributed by atoms with Gasteiger partial charge in [-0.1, -0.05) is 19.1 Å². The average Bonchev–Trinajstić information content (AvgIpc) is 2.26. The van der Waals surface area contributed by atoms with Crippen molar-refractivity contribution < 1.29 is 14.6 Å². The van der Waals surface area contributed by atoms with Crippen molar-refractivity contribution in [1.29, 1.82) is 0 Å². The Morgan fingerprint density at radius 2 is 2.31 bits per heavy atom. The minimum absolute atomic E-state index is 0.318. The SMILES string of the molecule is CCCOc1cccc(C[C@@H](N)C(=O)O)c1. The average molecular weight is 223 g/mol. The summed E-state index contributed by atoms with van der Waals surface area (Å²) in [4.78, 5) is 10.6. The fourth-order valence-electron chi connectivity index (χ4n) is 1.32. The van der Waals surface area contributed by atoms with E-state index in [2.05, 4.69) is 0 Å². The third kappa shape index (κ3) is 3.90. The summed E-state index contributed by atoms with van der Waals surface area (Å²) in [5, 5.41) is 8.70. The molecule has 4 heteroatoms. The molecule has 0 fully saturated rings. The zero-order chi connectivity index (χ0) is 12.0. The van der Waals surface area contributed by atoms with Crippen LogP contribution in [0.2, 0.25) is 0 Å². The second-order valence-corrected chi connectivity index (χ2v) is 3.64. The van der Waals surface area contributed by atoms with E-state index in [0.717, 1.165) is 17.7 Å². The Morgan fingerprint density at radius 1 is 1.56 bits per heavy atom. The van der Waals surface area contributed by atoms with Gasteiger partial charge in [0, 0.05) is 0 Å². The lowest BCUT2D eigenvalue weighted by Gasteiger charge is -2.09. The van der Waals surface area contributed by atoms with Gasteiger partial charge in [-0.05, 0) is 30.5 Å². The van der Waals surface area contributed by atoms with Crippen LogP contribution >= 0.6 is 0 Å². The van der Waals surface area contributed by atoms with Gasteiger partial charge < -0.3 is 15.6 Å². The summed E-state index contributed by atoms with van der Waals surface area (Å²) in [5.74, 6) is -0.225. The van der Waals surface area contributed by atoms with Crippen molar-refractivity contribution in [3.8, 4) is 5.75 Å². The maximum Gasteiger partial charge on any atom is 0.320 e. The first-order chi connectivity index (χ1) is 7.63. The molecule has 1 rings (SSSR count). The van der Waals surface area contributed by atoms with Crippen LogP contribution in [0.1, 0.15) is 18.9 Å². The van der Waals surface area contributed by atoms with Crippen molar-refractivity contribution >= 4 is 5.97 Å². The fourth-order valence-corrected chi connectivity index (χ4v) is 1.32. The molecule has 0 unspecified atom stereocenters. The Kier molecular flexibility index (Phi) is 4.79. The van der Waals surface area contributed by atoms with E-state index >= 15 is 0 Å². The molecule has 0 aliphatic heterocycles. The molecule has 0 saturated carbocycles. The predicted octanol–water partition coefficient (Wildman–Crippen LogP) is 1.43. The smallest absolute Gasteiger partial charge is 0.320 e. The van der Waals surface area contributed by atoms with Crippen LogP contribution in [0.3, 0.4) is 0 Å². The van der Waals surface area contributed by atoms with Gasteiger partial charge in [-0.15, -0.1) is 0 Å². The predicted molar refractivity (Wildman–Crippen MR) is 61.5 cm³/mol. The highest BCUT2D eigenvalue weighted by Crippen LogP contribution is 2.14. The van der Waals surface area contributed by atoms with E-state index in [1.165, 1.54) is 0 Å². The zero-order valence-electron chi connectivity index (χ0n) is 9.35. The van der Waals surface area contributed by atoms with Crippen LogP contribution in [0.5, 0.6) is 5.75 Å². The number of hydrogen-bond acceptors (Lipinski definition) is 3. The summed E-state index contributed by atoms with van der Waals surface area (Å²) >= 11 is 0. The molecule has 0 aromatic heterocycles. The number of ether oxygens (including phenoxy) is 1. The van der Waals surface area contributed by atoms with Crippen molar-refractivity contribution in [1.82, 2.24) is 0 Å². The summed E-state index contributed by atoms with van der Waals surface area (Å²) in [6, 6.07) is 6.52. The van der Waals surface area contributed by atoms with E-state index in [1.807, 2.05) is 31.2 Å². The van der Waals surface area contributed by atoms with Gasteiger partial charge in [0.25, 0.3) is 0 Å². The van der Waals surface area contributed by atoms with E-state index in [-0.39, 0.29) is 0 Å². The third-order valence-corrected chi connectivity index (χ3v) is 2.14. The fraction of sp³-hybridized carbons (Fsp3) is 0.417. The largest absolute Gasteiger partial charge is 0.494 e. The number of nitrogens with two attached hydrogens (primary N) is 1. The quantitative estimate of drug-likeness (QED) is 0.765. The van der Waals surface area contributed by atoms with Crippen molar-refractivity contribution in [3.63, 3.8) is 0 Å². The Labute approximate surface area is 95.0 Å². The Hall–Kier alpha value is -1.55. The van der Waals surface area contributed by atoms with E-state index in [1.54, 1.807) is 0 Å². The van der Waals surface area contributed by atoms with Gasteiger partial charge in [-0.25, -0.2) is 0 Å². The van der Waals surface area contributed by atoms with Crippen LogP contribution < -0.4 is 10.5 Å². The number of rotatable bonds is 6. The van der Waals surface area contributed by atoms with Gasteiger partial charge in [-0.3, -0.25) is 4.79 Å². The Balaban J connectivity index is 2.63. The van der Waals surface area contributed by atoms with E-state index in [0.29, 0.717) is 13.0 Å². The van der Waals surface area contributed by atoms with Gasteiger partial charge in [0.2, 0.25) is 0 Å². The van der Waals surface area contributed by atoms with Crippen LogP contribution in [-0.2, 0) is 11.2 Å². The van der Waals surface area contributed by atoms with Gasteiger partial charge >= 0.3 is 5.97 Å². The lowest BCUT2D eigenvalue weighted by atomic mass is 10.1. The summed E-state index contributed by atoms with van der Waals surface area (Å²) in [5.41, 5.74) is 6.34. The molecule has 0 aliphatic carbocycles. The van der Waals surface area contributed by atoms with Gasteiger partial charge in [-0.2, -0.15) is 0 Å². The zero-order valence-corrected chi connectivity index (χ0v) is 9.35. The minimum Gasteiger partial charge on any atom is -0.494 e. The molecule has 16 heavy (non-hydrogen) atoms. The van der Waals surface area contributed by atoms with Crippen LogP contribution in [0.4, 0.5) is 0 Å². The molecular weight excluding hydrogens is 206 g/mol. The monoisotopic (exact) mass is 223 g/mol. The molecule has 0 saturated heterocycles. The topological polar surface area (TPSA) is 72.5 Å². The van der Waals surface area contributed by atoms with Crippen LogP contribution in [0, 0.1) is 0 Å². The summed E-state index contributed by atoms with van der Waals surface area (Å²) in [7, 11) is 0. The number of carboxylic acids is 1. The first kappa shape index (κ1) is 12.5. The third-order valence-electron chi connectivity index (χ3n) is 2.14. The molecule has 1 atom stereocenters. The van der Waals surface area contributed by atoms with Crippen molar-refractivity contribution in [2.45, 2.75) is 25.8 Å². The lowest BCUT2D eigenvalue weighted by Crippen LogP contribution is -2.32. The number of benzene rings is 1. The summed E-state index contributed by atoms with van der Waals surface area (Å²) in [6.45, 7) is 2.69. The van der Waals surface area contributed by atoms with Crippen LogP contribution in [0.25, 0.3) is 0 Å². The second-order valence-electron chi connectivity index (χ2n) is 3.64. The normalized spacial score (nSPS) is 12.1. The first-order valence-corrected chi connectivity index (χ1v) is 5.33. The molecule has 1 aromatic carbocycles. The number of carboxylic acid groups (broad SMARTS) is 1. The molecule has 1 aromatic rings. The molecule has 88 valence electrons. The number of aliphatic carboxylic acids is 1. The summed E-state index contributed by atoms with van der Waals surface area (Å²) in [6.07, 6.45) is 1.26. The lowest BCUT2D eigenvalue weighted by molar-refractivity contribution is -0.138. The standard InChI is InChI=1S/C12H17NO3/c1-2-6-16-10-5-3-4-9(7-10)8-11(13)12(14)15/h3-5,7,11H,2,6,8,13H2,1H3,(H,14,15)/t11-/m1/s1. The highest BCUT2D eigenvalue weighted by atomic mass is 16.5. The minimum atomic E-state index is -0.986. The first-order valence-electron chi connectivity index (χ1n) is 5.33. The van der Waals surface area contributed by atoms with Gasteiger partial charge in [0.15, 0.2) is 0 Å². The van der Waals surface area contributed by atoms with Gasteiger partial charge in [0.05, 0.1) is 6.61 Å². The van der Waals surface area contributed by atoms with E-state index in [9.17, 15) is 4.79 Å². The second kappa shape index (κ2) is 6.12. The molecule has 4 nitrogen and oxygen atoms in total. The molecule has 3 N–H and O–H groups in total. The maximum atomic E-state index is 10.6. The number of hydrogen-bond donors (Lipinski definition) is 2. The highest BCUT2D eigenvalue weighted by Gasteiger charge is 2.12. The number of carbonyl (C=O) groups is 1. The molecule has 0 aliphatic rings. The molecular formula is C12H17NO3. The van der Waals surface area contributed by atoms with Crippen LogP contribution in [0.15, 0.2) is 24.3 Å². The molecule has 0 heterocycles. The highest BCUT2D eigenvalue weighted by molar-refractivity contribution is 5.73. The van der Waals surface area contributed by atoms with Crippen molar-refractivity contribution in [3.05, 3.63) is 29.8 Å². The Morgan fingerprint density at radius 3 is 2.94 bits per heavy atom. The van der Waals surface area contributed by atoms with Gasteiger partial charge in [0.1, 0.15) is 11.8 Å². The molecule has 0 amide bonds. The van der Waals surface area contributed by atoms with E-state index < -0.39 is 12.0 Å².